The second-order valence-corrected chi connectivity index (χ2v) is 6.16. The van der Waals surface area contributed by atoms with E-state index in [0.717, 1.165) is 31.2 Å². The number of amides is 1. The Morgan fingerprint density at radius 3 is 2.54 bits per heavy atom. The molecule has 1 aromatic heterocycles. The number of carbonyl (C=O) groups is 1. The van der Waals surface area contributed by atoms with Crippen molar-refractivity contribution < 1.29 is 4.79 Å². The average Bonchev–Trinajstić information content (AvgIpc) is 3.07. The standard InChI is InChI=1S/C18H24N4OS/c1-3-19-18(21-12-16-9-11-24-13-16)20-10-8-15-4-6-17(7-5-15)22-14(2)23/h4-7,9,11,13H,3,8,10,12H2,1-2H3,(H,22,23)(H2,19,20,21). The SMILES string of the molecule is CCNC(=NCc1ccsc1)NCCc1ccc(NC(C)=O)cc1. The fourth-order valence-electron chi connectivity index (χ4n) is 2.18. The van der Waals surface area contributed by atoms with Crippen LogP contribution in [0.5, 0.6) is 0 Å². The highest BCUT2D eigenvalue weighted by Crippen LogP contribution is 2.10. The van der Waals surface area contributed by atoms with Crippen molar-refractivity contribution in [2.24, 2.45) is 4.99 Å². The van der Waals surface area contributed by atoms with Crippen molar-refractivity contribution in [1.82, 2.24) is 10.6 Å². The third-order valence-electron chi connectivity index (χ3n) is 3.32. The van der Waals surface area contributed by atoms with E-state index in [1.54, 1.807) is 11.3 Å². The molecule has 0 aliphatic rings. The Bertz CT molecular complexity index is 650. The quantitative estimate of drug-likeness (QED) is 0.534. The van der Waals surface area contributed by atoms with Gasteiger partial charge in [-0.25, -0.2) is 4.99 Å². The highest BCUT2D eigenvalue weighted by molar-refractivity contribution is 7.07. The van der Waals surface area contributed by atoms with Gasteiger partial charge in [0.15, 0.2) is 5.96 Å². The van der Waals surface area contributed by atoms with E-state index in [2.05, 4.69) is 44.7 Å². The molecule has 1 aromatic carbocycles. The number of thiophene rings is 1. The minimum absolute atomic E-state index is 0.0541. The average molecular weight is 344 g/mol. The van der Waals surface area contributed by atoms with Gasteiger partial charge in [-0.15, -0.1) is 0 Å². The summed E-state index contributed by atoms with van der Waals surface area (Å²) in [6.07, 6.45) is 0.892. The van der Waals surface area contributed by atoms with Crippen molar-refractivity contribution >= 4 is 28.9 Å². The number of anilines is 1. The lowest BCUT2D eigenvalue weighted by Gasteiger charge is -2.11. The number of carbonyl (C=O) groups excluding carboxylic acids is 1. The van der Waals surface area contributed by atoms with Crippen molar-refractivity contribution in [1.29, 1.82) is 0 Å². The molecule has 0 saturated carbocycles. The molecule has 0 saturated heterocycles. The van der Waals surface area contributed by atoms with Gasteiger partial charge in [-0.1, -0.05) is 12.1 Å². The lowest BCUT2D eigenvalue weighted by atomic mass is 10.1. The summed E-state index contributed by atoms with van der Waals surface area (Å²) in [6, 6.07) is 10.00. The Balaban J connectivity index is 1.81. The first-order valence-corrected chi connectivity index (χ1v) is 9.01. The molecule has 0 spiro atoms. The van der Waals surface area contributed by atoms with E-state index < -0.39 is 0 Å². The first-order chi connectivity index (χ1) is 11.7. The van der Waals surface area contributed by atoms with Crippen molar-refractivity contribution in [3.05, 3.63) is 52.2 Å². The summed E-state index contributed by atoms with van der Waals surface area (Å²) in [4.78, 5) is 15.6. The van der Waals surface area contributed by atoms with E-state index >= 15 is 0 Å². The zero-order valence-corrected chi connectivity index (χ0v) is 15.0. The Hall–Kier alpha value is -2.34. The van der Waals surface area contributed by atoms with Gasteiger partial charge in [0.2, 0.25) is 5.91 Å². The molecule has 5 nitrogen and oxygen atoms in total. The summed E-state index contributed by atoms with van der Waals surface area (Å²) in [5.41, 5.74) is 3.26. The summed E-state index contributed by atoms with van der Waals surface area (Å²) < 4.78 is 0. The minimum Gasteiger partial charge on any atom is -0.357 e. The van der Waals surface area contributed by atoms with Crippen LogP contribution in [0.4, 0.5) is 5.69 Å². The van der Waals surface area contributed by atoms with Crippen LogP contribution in [0.25, 0.3) is 0 Å². The van der Waals surface area contributed by atoms with Crippen LogP contribution in [0, 0.1) is 0 Å². The van der Waals surface area contributed by atoms with Crippen molar-refractivity contribution in [3.63, 3.8) is 0 Å². The zero-order chi connectivity index (χ0) is 17.2. The molecule has 128 valence electrons. The number of guanidine groups is 1. The van der Waals surface area contributed by atoms with E-state index in [0.29, 0.717) is 6.54 Å². The van der Waals surface area contributed by atoms with Gasteiger partial charge >= 0.3 is 0 Å². The number of hydrogen-bond donors (Lipinski definition) is 3. The molecule has 0 radical (unpaired) electrons. The van der Waals surface area contributed by atoms with Gasteiger partial charge in [0, 0.05) is 25.7 Å². The number of rotatable bonds is 7. The minimum atomic E-state index is -0.0541. The molecule has 24 heavy (non-hydrogen) atoms. The molecule has 0 unspecified atom stereocenters. The van der Waals surface area contributed by atoms with Gasteiger partial charge in [0.05, 0.1) is 6.54 Å². The Kier molecular flexibility index (Phi) is 7.29. The molecule has 0 atom stereocenters. The number of benzene rings is 1. The molecule has 0 aliphatic carbocycles. The van der Waals surface area contributed by atoms with Crippen LogP contribution in [0.15, 0.2) is 46.1 Å². The van der Waals surface area contributed by atoms with Crippen molar-refractivity contribution in [2.45, 2.75) is 26.8 Å². The number of nitrogens with one attached hydrogen (secondary N) is 3. The maximum Gasteiger partial charge on any atom is 0.221 e. The van der Waals surface area contributed by atoms with Crippen molar-refractivity contribution in [3.8, 4) is 0 Å². The van der Waals surface area contributed by atoms with Gasteiger partial charge in [-0.2, -0.15) is 11.3 Å². The summed E-state index contributed by atoms with van der Waals surface area (Å²) >= 11 is 1.69. The molecule has 3 N–H and O–H groups in total. The lowest BCUT2D eigenvalue weighted by molar-refractivity contribution is -0.114. The zero-order valence-electron chi connectivity index (χ0n) is 14.1. The molecule has 0 bridgehead atoms. The molecule has 1 heterocycles. The maximum absolute atomic E-state index is 11.0. The third kappa shape index (κ3) is 6.42. The first-order valence-electron chi connectivity index (χ1n) is 8.07. The van der Waals surface area contributed by atoms with Crippen LogP contribution < -0.4 is 16.0 Å². The van der Waals surface area contributed by atoms with Gasteiger partial charge in [-0.3, -0.25) is 4.79 Å². The lowest BCUT2D eigenvalue weighted by Crippen LogP contribution is -2.38. The van der Waals surface area contributed by atoms with E-state index in [9.17, 15) is 4.79 Å². The molecule has 2 rings (SSSR count). The summed E-state index contributed by atoms with van der Waals surface area (Å²) in [6.45, 7) is 5.89. The molecule has 0 aliphatic heterocycles. The highest BCUT2D eigenvalue weighted by Gasteiger charge is 2.00. The van der Waals surface area contributed by atoms with Crippen LogP contribution in [0.2, 0.25) is 0 Å². The van der Waals surface area contributed by atoms with Crippen LogP contribution in [0.3, 0.4) is 0 Å². The number of hydrogen-bond acceptors (Lipinski definition) is 3. The number of nitrogens with zero attached hydrogens (tertiary/aromatic N) is 1. The summed E-state index contributed by atoms with van der Waals surface area (Å²) in [5.74, 6) is 0.778. The van der Waals surface area contributed by atoms with Gasteiger partial charge in [-0.05, 0) is 53.4 Å². The molecule has 6 heteroatoms. The van der Waals surface area contributed by atoms with Crippen LogP contribution in [0.1, 0.15) is 25.0 Å². The second-order valence-electron chi connectivity index (χ2n) is 5.38. The molecule has 0 fully saturated rings. The summed E-state index contributed by atoms with van der Waals surface area (Å²) in [5, 5.41) is 13.6. The first kappa shape index (κ1) is 18.0. The van der Waals surface area contributed by atoms with Crippen LogP contribution in [-0.4, -0.2) is 25.0 Å². The second kappa shape index (κ2) is 9.72. The van der Waals surface area contributed by atoms with Crippen molar-refractivity contribution in [2.75, 3.05) is 18.4 Å². The Morgan fingerprint density at radius 1 is 1.12 bits per heavy atom. The molecular weight excluding hydrogens is 320 g/mol. The maximum atomic E-state index is 11.0. The van der Waals surface area contributed by atoms with E-state index in [1.807, 2.05) is 24.3 Å². The van der Waals surface area contributed by atoms with Gasteiger partial charge in [0.1, 0.15) is 0 Å². The van der Waals surface area contributed by atoms with Crippen LogP contribution >= 0.6 is 11.3 Å². The Labute approximate surface area is 147 Å². The molecular formula is C18H24N4OS. The van der Waals surface area contributed by atoms with Gasteiger partial charge < -0.3 is 16.0 Å². The fraction of sp³-hybridized carbons (Fsp3) is 0.333. The van der Waals surface area contributed by atoms with E-state index in [1.165, 1.54) is 18.1 Å². The molecule has 1 amide bonds. The highest BCUT2D eigenvalue weighted by atomic mass is 32.1. The normalized spacial score (nSPS) is 11.2. The smallest absolute Gasteiger partial charge is 0.221 e. The van der Waals surface area contributed by atoms with E-state index in [-0.39, 0.29) is 5.91 Å². The monoisotopic (exact) mass is 344 g/mol. The molecule has 2 aromatic rings. The predicted molar refractivity (Wildman–Crippen MR) is 102 cm³/mol. The number of aliphatic imine (C=N–C) groups is 1. The topological polar surface area (TPSA) is 65.5 Å². The summed E-state index contributed by atoms with van der Waals surface area (Å²) in [7, 11) is 0. The van der Waals surface area contributed by atoms with E-state index in [4.69, 9.17) is 0 Å². The van der Waals surface area contributed by atoms with Crippen LogP contribution in [-0.2, 0) is 17.8 Å². The van der Waals surface area contributed by atoms with Gasteiger partial charge in [0.25, 0.3) is 0 Å². The predicted octanol–water partition coefficient (Wildman–Crippen LogP) is 3.00. The fourth-order valence-corrected chi connectivity index (χ4v) is 2.84. The largest absolute Gasteiger partial charge is 0.357 e. The Morgan fingerprint density at radius 2 is 1.92 bits per heavy atom. The third-order valence-corrected chi connectivity index (χ3v) is 4.06.